The van der Waals surface area contributed by atoms with Crippen molar-refractivity contribution in [3.63, 3.8) is 0 Å². The number of nitrogens with one attached hydrogen (secondary N) is 2. The highest BCUT2D eigenvalue weighted by atomic mass is 16.3. The van der Waals surface area contributed by atoms with Crippen molar-refractivity contribution in [1.82, 2.24) is 9.88 Å². The van der Waals surface area contributed by atoms with E-state index < -0.39 is 5.91 Å². The minimum Gasteiger partial charge on any atom is -0.394 e. The Balaban J connectivity index is 2.07. The van der Waals surface area contributed by atoms with Crippen LogP contribution in [0.15, 0.2) is 48.5 Å². The number of carbonyl (C=O) groups is 2. The van der Waals surface area contributed by atoms with E-state index in [9.17, 15) is 14.7 Å². The van der Waals surface area contributed by atoms with Crippen LogP contribution in [-0.4, -0.2) is 40.0 Å². The van der Waals surface area contributed by atoms with Crippen LogP contribution in [0.1, 0.15) is 45.3 Å². The van der Waals surface area contributed by atoms with Gasteiger partial charge in [-0.3, -0.25) is 15.0 Å². The number of primary amides is 1. The van der Waals surface area contributed by atoms with Gasteiger partial charge in [-0.25, -0.2) is 0 Å². The normalized spacial score (nSPS) is 11.9. The Labute approximate surface area is 174 Å². The number of amides is 2. The molecule has 0 aliphatic heterocycles. The number of carbonyl (C=O) groups excluding carboxylic acids is 2. The first kappa shape index (κ1) is 21.1. The number of rotatable bonds is 8. The van der Waals surface area contributed by atoms with Crippen LogP contribution in [-0.2, 0) is 6.54 Å². The predicted molar refractivity (Wildman–Crippen MR) is 116 cm³/mol. The zero-order valence-electron chi connectivity index (χ0n) is 16.7. The molecule has 7 N–H and O–H groups in total. The average Bonchev–Trinajstić information content (AvgIpc) is 3.10. The summed E-state index contributed by atoms with van der Waals surface area (Å²) >= 11 is 0. The smallest absolute Gasteiger partial charge is 0.268 e. The van der Waals surface area contributed by atoms with Crippen LogP contribution in [0.5, 0.6) is 0 Å². The maximum absolute atomic E-state index is 12.9. The maximum atomic E-state index is 12.9. The Hall–Kier alpha value is -3.65. The van der Waals surface area contributed by atoms with E-state index in [2.05, 4.69) is 5.32 Å². The topological polar surface area (TPSA) is 147 Å². The largest absolute Gasteiger partial charge is 0.394 e. The Kier molecular flexibility index (Phi) is 6.17. The Morgan fingerprint density at radius 3 is 2.33 bits per heavy atom. The monoisotopic (exact) mass is 407 g/mol. The van der Waals surface area contributed by atoms with Crippen molar-refractivity contribution in [2.75, 3.05) is 6.61 Å². The number of benzene rings is 2. The highest BCUT2D eigenvalue weighted by molar-refractivity contribution is 6.02. The van der Waals surface area contributed by atoms with Crippen molar-refractivity contribution < 1.29 is 14.7 Å². The number of hydrogen-bond donors (Lipinski definition) is 5. The third-order valence-electron chi connectivity index (χ3n) is 5.08. The van der Waals surface area contributed by atoms with Gasteiger partial charge < -0.3 is 26.5 Å². The zero-order chi connectivity index (χ0) is 21.8. The molecular formula is C22H25N5O3. The number of amidine groups is 1. The quantitative estimate of drug-likeness (QED) is 0.285. The van der Waals surface area contributed by atoms with Gasteiger partial charge in [0, 0.05) is 28.6 Å². The summed E-state index contributed by atoms with van der Waals surface area (Å²) in [6.45, 7) is 2.10. The fourth-order valence-electron chi connectivity index (χ4n) is 3.27. The minimum absolute atomic E-state index is 0.0622. The lowest BCUT2D eigenvalue weighted by atomic mass is 10.1. The van der Waals surface area contributed by atoms with Crippen molar-refractivity contribution in [2.45, 2.75) is 25.9 Å². The van der Waals surface area contributed by atoms with E-state index in [1.54, 1.807) is 42.5 Å². The lowest BCUT2D eigenvalue weighted by molar-refractivity contribution is 0.0906. The maximum Gasteiger partial charge on any atom is 0.268 e. The van der Waals surface area contributed by atoms with E-state index in [1.165, 1.54) is 0 Å². The molecule has 0 saturated heterocycles. The lowest BCUT2D eigenvalue weighted by Crippen LogP contribution is -2.37. The molecule has 3 aromatic rings. The van der Waals surface area contributed by atoms with Crippen molar-refractivity contribution in [1.29, 1.82) is 5.41 Å². The summed E-state index contributed by atoms with van der Waals surface area (Å²) in [5, 5.41) is 20.8. The molecule has 8 heteroatoms. The van der Waals surface area contributed by atoms with Gasteiger partial charge in [0.15, 0.2) is 0 Å². The van der Waals surface area contributed by atoms with Gasteiger partial charge in [0.2, 0.25) is 5.91 Å². The van der Waals surface area contributed by atoms with E-state index in [1.807, 2.05) is 17.6 Å². The standard InChI is InChI=1S/C22H25N5O3/c1-2-17(12-28)26-22(30)19-9-15-7-8-16(20(23)24)10-18(15)27(19)11-13-3-5-14(6-4-13)21(25)29/h3-10,17,28H,2,11-12H2,1H3,(H3,23,24)(H2,25,29)(H,26,30)/t17-/m0/s1. The first-order valence-electron chi connectivity index (χ1n) is 9.62. The molecule has 1 aromatic heterocycles. The molecule has 8 nitrogen and oxygen atoms in total. The van der Waals surface area contributed by atoms with Crippen LogP contribution >= 0.6 is 0 Å². The molecule has 0 fully saturated rings. The van der Waals surface area contributed by atoms with Crippen LogP contribution in [0.2, 0.25) is 0 Å². The summed E-state index contributed by atoms with van der Waals surface area (Å²) in [7, 11) is 0. The average molecular weight is 407 g/mol. The first-order chi connectivity index (χ1) is 14.3. The van der Waals surface area contributed by atoms with Crippen LogP contribution in [0.3, 0.4) is 0 Å². The van der Waals surface area contributed by atoms with Crippen LogP contribution in [0.4, 0.5) is 0 Å². The van der Waals surface area contributed by atoms with Gasteiger partial charge in [-0.05, 0) is 36.2 Å². The highest BCUT2D eigenvalue weighted by Crippen LogP contribution is 2.23. The second-order valence-electron chi connectivity index (χ2n) is 7.13. The van der Waals surface area contributed by atoms with Gasteiger partial charge >= 0.3 is 0 Å². The Bertz CT molecular complexity index is 1100. The molecule has 1 heterocycles. The number of aromatic nitrogens is 1. The van der Waals surface area contributed by atoms with E-state index in [0.717, 1.165) is 16.5 Å². The number of aliphatic hydroxyl groups excluding tert-OH is 1. The molecule has 0 saturated carbocycles. The number of aliphatic hydroxyl groups is 1. The molecule has 156 valence electrons. The first-order valence-corrected chi connectivity index (χ1v) is 9.62. The molecule has 2 amide bonds. The highest BCUT2D eigenvalue weighted by Gasteiger charge is 2.19. The van der Waals surface area contributed by atoms with Crippen LogP contribution < -0.4 is 16.8 Å². The second kappa shape index (κ2) is 8.79. The van der Waals surface area contributed by atoms with Crippen LogP contribution in [0.25, 0.3) is 10.9 Å². The van der Waals surface area contributed by atoms with Crippen molar-refractivity contribution >= 4 is 28.6 Å². The molecule has 2 aromatic carbocycles. The fourth-order valence-corrected chi connectivity index (χ4v) is 3.27. The molecule has 1 atom stereocenters. The summed E-state index contributed by atoms with van der Waals surface area (Å²) in [5.41, 5.74) is 14.0. The molecule has 0 unspecified atom stereocenters. The van der Waals surface area contributed by atoms with Gasteiger partial charge in [0.1, 0.15) is 11.5 Å². The van der Waals surface area contributed by atoms with Crippen molar-refractivity contribution in [3.05, 3.63) is 70.9 Å². The van der Waals surface area contributed by atoms with E-state index in [-0.39, 0.29) is 24.4 Å². The molecule has 30 heavy (non-hydrogen) atoms. The zero-order valence-corrected chi connectivity index (χ0v) is 16.7. The predicted octanol–water partition coefficient (Wildman–Crippen LogP) is 1.57. The summed E-state index contributed by atoms with van der Waals surface area (Å²) in [6.07, 6.45) is 0.603. The number of nitrogen functional groups attached to an aromatic ring is 1. The molecule has 0 bridgehead atoms. The van der Waals surface area contributed by atoms with Crippen molar-refractivity contribution in [2.24, 2.45) is 11.5 Å². The Morgan fingerprint density at radius 2 is 1.77 bits per heavy atom. The fraction of sp³-hybridized carbons (Fsp3) is 0.227. The molecular weight excluding hydrogens is 382 g/mol. The SMILES string of the molecule is CC[C@@H](CO)NC(=O)c1cc2ccc(C(=N)N)cc2n1Cc1ccc(C(N)=O)cc1. The van der Waals surface area contributed by atoms with Gasteiger partial charge in [0.25, 0.3) is 5.91 Å². The van der Waals surface area contributed by atoms with Gasteiger partial charge in [-0.15, -0.1) is 0 Å². The molecule has 3 rings (SSSR count). The minimum atomic E-state index is -0.506. The summed E-state index contributed by atoms with van der Waals surface area (Å²) in [5.74, 6) is -0.869. The summed E-state index contributed by atoms with van der Waals surface area (Å²) < 4.78 is 1.83. The summed E-state index contributed by atoms with van der Waals surface area (Å²) in [4.78, 5) is 24.3. The van der Waals surface area contributed by atoms with Gasteiger partial charge in [-0.1, -0.05) is 31.2 Å². The number of nitrogens with zero attached hydrogens (tertiary/aromatic N) is 1. The van der Waals surface area contributed by atoms with Gasteiger partial charge in [0.05, 0.1) is 12.6 Å². The third-order valence-corrected chi connectivity index (χ3v) is 5.08. The lowest BCUT2D eigenvalue weighted by Gasteiger charge is -2.16. The number of fused-ring (bicyclic) bond motifs is 1. The van der Waals surface area contributed by atoms with E-state index in [4.69, 9.17) is 16.9 Å². The molecule has 0 radical (unpaired) electrons. The second-order valence-corrected chi connectivity index (χ2v) is 7.13. The van der Waals surface area contributed by atoms with Crippen LogP contribution in [0, 0.1) is 5.41 Å². The Morgan fingerprint density at radius 1 is 1.10 bits per heavy atom. The van der Waals surface area contributed by atoms with Gasteiger partial charge in [-0.2, -0.15) is 0 Å². The molecule has 0 aliphatic rings. The van der Waals surface area contributed by atoms with E-state index >= 15 is 0 Å². The number of nitrogens with two attached hydrogens (primary N) is 2. The number of hydrogen-bond acceptors (Lipinski definition) is 4. The summed E-state index contributed by atoms with van der Waals surface area (Å²) in [6, 6.07) is 13.6. The van der Waals surface area contributed by atoms with Crippen molar-refractivity contribution in [3.8, 4) is 0 Å². The molecule has 0 aliphatic carbocycles. The molecule has 0 spiro atoms. The van der Waals surface area contributed by atoms with E-state index in [0.29, 0.717) is 29.8 Å². The third kappa shape index (κ3) is 4.33.